The number of rotatable bonds is 17. The van der Waals surface area contributed by atoms with E-state index in [-0.39, 0.29) is 41.8 Å². The van der Waals surface area contributed by atoms with Crippen LogP contribution in [0.15, 0.2) is 72.3 Å². The van der Waals surface area contributed by atoms with E-state index in [2.05, 4.69) is 117 Å². The van der Waals surface area contributed by atoms with Crippen molar-refractivity contribution in [1.29, 1.82) is 0 Å². The normalized spacial score (nSPS) is 34.1. The molecule has 6 saturated carbocycles. The summed E-state index contributed by atoms with van der Waals surface area (Å²) in [7, 11) is 0. The van der Waals surface area contributed by atoms with E-state index in [4.69, 9.17) is 18.9 Å². The van der Waals surface area contributed by atoms with Crippen molar-refractivity contribution in [3.63, 3.8) is 0 Å². The van der Waals surface area contributed by atoms with Gasteiger partial charge in [0.15, 0.2) is 0 Å². The van der Waals surface area contributed by atoms with Crippen LogP contribution in [0.25, 0.3) is 6.08 Å². The topological polar surface area (TPSA) is 100 Å². The van der Waals surface area contributed by atoms with E-state index in [9.17, 15) is 14.4 Å². The van der Waals surface area contributed by atoms with Gasteiger partial charge in [-0.2, -0.15) is 0 Å². The largest absolute Gasteiger partial charge is 0.522 e. The van der Waals surface area contributed by atoms with Crippen LogP contribution in [0.3, 0.4) is 0 Å². The zero-order valence-electron chi connectivity index (χ0n) is 53.9. The van der Waals surface area contributed by atoms with Crippen LogP contribution in [-0.4, -0.2) is 30.4 Å². The summed E-state index contributed by atoms with van der Waals surface area (Å²) in [5, 5.41) is 2.99. The highest BCUT2D eigenvalue weighted by molar-refractivity contribution is 6.04. The summed E-state index contributed by atoms with van der Waals surface area (Å²) in [6, 6.07) is 12.9. The maximum absolute atomic E-state index is 13.7. The molecular weight excluding hydrogens is 1050 g/mol. The number of anilines is 1. The predicted molar refractivity (Wildman–Crippen MR) is 343 cm³/mol. The summed E-state index contributed by atoms with van der Waals surface area (Å²) in [4.78, 5) is 40.1. The van der Waals surface area contributed by atoms with Crippen molar-refractivity contribution in [2.75, 3.05) is 5.32 Å². The van der Waals surface area contributed by atoms with Gasteiger partial charge in [-0.05, 0) is 224 Å². The third-order valence-electron chi connectivity index (χ3n) is 24.8. The van der Waals surface area contributed by atoms with Gasteiger partial charge in [-0.15, -0.1) is 0 Å². The van der Waals surface area contributed by atoms with Gasteiger partial charge in [0.2, 0.25) is 0 Å². The van der Waals surface area contributed by atoms with E-state index in [0.717, 1.165) is 127 Å². The summed E-state index contributed by atoms with van der Waals surface area (Å²) >= 11 is 0. The molecule has 16 atom stereocenters. The van der Waals surface area contributed by atoms with Crippen molar-refractivity contribution in [1.82, 2.24) is 0 Å². The molecule has 85 heavy (non-hydrogen) atoms. The Balaban J connectivity index is 0.717. The van der Waals surface area contributed by atoms with Gasteiger partial charge in [0.1, 0.15) is 24.4 Å². The lowest BCUT2D eigenvalue weighted by atomic mass is 9.47. The Morgan fingerprint density at radius 2 is 1.05 bits per heavy atom. The Morgan fingerprint density at radius 1 is 0.588 bits per heavy atom. The summed E-state index contributed by atoms with van der Waals surface area (Å²) in [6.07, 6.45) is 36.8. The molecule has 8 aliphatic carbocycles. The van der Waals surface area contributed by atoms with E-state index < -0.39 is 12.3 Å². The van der Waals surface area contributed by atoms with E-state index in [1.165, 1.54) is 101 Å². The minimum Gasteiger partial charge on any atom is -0.430 e. The van der Waals surface area contributed by atoms with Crippen LogP contribution in [0.4, 0.5) is 15.3 Å². The first-order valence-corrected chi connectivity index (χ1v) is 34.0. The van der Waals surface area contributed by atoms with E-state index >= 15 is 0 Å². The van der Waals surface area contributed by atoms with Crippen molar-refractivity contribution >= 4 is 30.0 Å². The Kier molecular flexibility index (Phi) is 19.7. The lowest BCUT2D eigenvalue weighted by Crippen LogP contribution is -2.51. The molecule has 0 saturated heterocycles. The molecule has 1 amide bonds. The average molecular weight is 1160 g/mol. The van der Waals surface area contributed by atoms with Gasteiger partial charge >= 0.3 is 12.3 Å². The van der Waals surface area contributed by atoms with Crippen LogP contribution in [0, 0.1) is 117 Å². The molecule has 2 aromatic rings. The van der Waals surface area contributed by atoms with Crippen LogP contribution < -0.4 is 5.32 Å². The SMILES string of the molecule is C=Cc1ccc(NC(=O)c2cc(CC#COC(=O)O[C@H]3CC[C@@]4(C)C(=CC[C@H]5[C@@H]6CC[C@H]([C@H](C)CCCC(C)C)[C@@]6(C)CC[C@@H]54)C3)cc(CC#COC(=O)O[C@H]3CC[C@@]4(C)C(=CC[C@H]5[C@@H]6CC[C@H]([C@H](C)CCCC(C)C)[C@@]6(C)CC[C@@H]54)C3)c2)cc1. The maximum atomic E-state index is 13.7. The minimum atomic E-state index is -0.777. The van der Waals surface area contributed by atoms with Crippen LogP contribution >= 0.6 is 0 Å². The van der Waals surface area contributed by atoms with Crippen molar-refractivity contribution in [2.24, 2.45) is 92.7 Å². The van der Waals surface area contributed by atoms with Gasteiger partial charge in [0, 0.05) is 36.9 Å². The number of allylic oxidation sites excluding steroid dienone is 2. The van der Waals surface area contributed by atoms with Gasteiger partial charge in [0.05, 0.1) is 0 Å². The number of carbonyl (C=O) groups excluding carboxylic acids is 3. The average Bonchev–Trinajstić information content (AvgIpc) is 1.79. The zero-order valence-corrected chi connectivity index (χ0v) is 53.9. The number of nitrogens with one attached hydrogen (secondary N) is 1. The monoisotopic (exact) mass is 1160 g/mol. The van der Waals surface area contributed by atoms with Crippen LogP contribution in [0.2, 0.25) is 0 Å². The first-order chi connectivity index (χ1) is 40.7. The summed E-state index contributed by atoms with van der Waals surface area (Å²) in [5.41, 5.74) is 7.63. The molecule has 0 unspecified atom stereocenters. The number of hydrogen-bond acceptors (Lipinski definition) is 7. The molecule has 0 radical (unpaired) electrons. The zero-order chi connectivity index (χ0) is 60.3. The van der Waals surface area contributed by atoms with E-state index in [1.807, 2.05) is 30.3 Å². The van der Waals surface area contributed by atoms with Crippen molar-refractivity contribution in [3.8, 4) is 24.1 Å². The fourth-order valence-electron chi connectivity index (χ4n) is 20.3. The molecule has 0 aromatic heterocycles. The Labute approximate surface area is 513 Å². The summed E-state index contributed by atoms with van der Waals surface area (Å²) < 4.78 is 22.7. The number of amides is 1. The number of benzene rings is 2. The second kappa shape index (κ2) is 26.6. The summed E-state index contributed by atoms with van der Waals surface area (Å²) in [6.45, 7) is 28.7. The molecule has 2 aromatic carbocycles. The lowest BCUT2D eigenvalue weighted by Gasteiger charge is -2.58. The predicted octanol–water partition coefficient (Wildman–Crippen LogP) is 19.7. The first kappa shape index (κ1) is 62.8. The molecule has 6 fully saturated rings. The van der Waals surface area contributed by atoms with Crippen LogP contribution in [0.1, 0.15) is 238 Å². The van der Waals surface area contributed by atoms with Crippen LogP contribution in [-0.2, 0) is 31.8 Å². The molecule has 8 aliphatic rings. The first-order valence-electron chi connectivity index (χ1n) is 34.0. The smallest absolute Gasteiger partial charge is 0.430 e. The number of hydrogen-bond donors (Lipinski definition) is 1. The molecule has 10 rings (SSSR count). The molecule has 0 spiro atoms. The standard InChI is InChI=1S/C77H105NO7/c1-12-54-23-27-60(28-24-54)78-71(79)57-46-55(21-15-43-82-72(80)84-61-35-39-74(8)58(48-61)25-29-63-67-33-31-65(52(6)19-13-17-50(2)3)76(67,10)41-37-69(63)74)45-56(47-57)22-16-44-83-73(81)85-62-36-40-75(9)59(49-62)26-30-64-68-34-32-66(53(7)20-14-18-51(4)5)77(68,11)42-38-70(64)75/h12,23-28,45-47,50-53,61-70H,1,13-14,17-22,29-42,48-49H2,2-11H3,(H,78,79)/t52-,53-,61+,62+,63+,64+,65-,66-,67+,68+,69+,70+,74+,75+,76-,77-/m1/s1. The minimum absolute atomic E-state index is 0.152. The summed E-state index contributed by atoms with van der Waals surface area (Å²) in [5.74, 6) is 15.0. The molecule has 8 nitrogen and oxygen atoms in total. The molecule has 0 bridgehead atoms. The van der Waals surface area contributed by atoms with Crippen molar-refractivity contribution in [2.45, 2.75) is 236 Å². The van der Waals surface area contributed by atoms with Gasteiger partial charge in [0.25, 0.3) is 5.91 Å². The van der Waals surface area contributed by atoms with Gasteiger partial charge in [-0.1, -0.05) is 174 Å². The number of ether oxygens (including phenoxy) is 4. The fourth-order valence-corrected chi connectivity index (χ4v) is 20.3. The van der Waals surface area contributed by atoms with Gasteiger partial charge < -0.3 is 24.3 Å². The van der Waals surface area contributed by atoms with Crippen LogP contribution in [0.5, 0.6) is 0 Å². The number of fused-ring (bicyclic) bond motifs is 10. The Hall–Kier alpha value is -5.21. The van der Waals surface area contributed by atoms with Crippen molar-refractivity contribution < 1.29 is 33.3 Å². The molecular formula is C77H105NO7. The Morgan fingerprint density at radius 3 is 1.48 bits per heavy atom. The quantitative estimate of drug-likeness (QED) is 0.0957. The Bertz CT molecular complexity index is 2770. The fraction of sp³-hybridized carbons (Fsp3) is 0.675. The second-order valence-electron chi connectivity index (χ2n) is 30.5. The van der Waals surface area contributed by atoms with Gasteiger partial charge in [-0.3, -0.25) is 4.79 Å². The lowest BCUT2D eigenvalue weighted by molar-refractivity contribution is -0.0601. The number of carbonyl (C=O) groups is 3. The molecule has 1 N–H and O–H groups in total. The van der Waals surface area contributed by atoms with Crippen molar-refractivity contribution in [3.05, 3.63) is 94.6 Å². The maximum Gasteiger partial charge on any atom is 0.522 e. The highest BCUT2D eigenvalue weighted by Gasteiger charge is 2.61. The highest BCUT2D eigenvalue weighted by Crippen LogP contribution is 2.69. The second-order valence-corrected chi connectivity index (χ2v) is 30.5. The molecule has 0 heterocycles. The molecule has 8 heteroatoms. The molecule has 460 valence electrons. The van der Waals surface area contributed by atoms with Gasteiger partial charge in [-0.25, -0.2) is 9.59 Å². The third-order valence-corrected chi connectivity index (χ3v) is 24.8. The van der Waals surface area contributed by atoms with E-state index in [1.54, 1.807) is 18.2 Å². The third kappa shape index (κ3) is 13.6. The highest BCUT2D eigenvalue weighted by atomic mass is 16.7. The molecule has 0 aliphatic heterocycles. The van der Waals surface area contributed by atoms with E-state index in [0.29, 0.717) is 33.9 Å².